The Balaban J connectivity index is 2.04. The summed E-state index contributed by atoms with van der Waals surface area (Å²) in [5, 5.41) is 0. The molecule has 0 radical (unpaired) electrons. The van der Waals surface area contributed by atoms with Crippen molar-refractivity contribution in [3.63, 3.8) is 0 Å². The van der Waals surface area contributed by atoms with E-state index in [1.54, 1.807) is 0 Å². The number of hydrogen-bond donors (Lipinski definition) is 1. The van der Waals surface area contributed by atoms with Crippen molar-refractivity contribution in [2.45, 2.75) is 38.6 Å². The zero-order valence-corrected chi connectivity index (χ0v) is 9.39. The third kappa shape index (κ3) is 2.57. The van der Waals surface area contributed by atoms with Crippen molar-refractivity contribution in [2.75, 3.05) is 0 Å². The van der Waals surface area contributed by atoms with Crippen LogP contribution in [0.5, 0.6) is 0 Å². The maximum absolute atomic E-state index is 6.27. The van der Waals surface area contributed by atoms with Crippen LogP contribution in [-0.4, -0.2) is 4.98 Å². The van der Waals surface area contributed by atoms with Crippen molar-refractivity contribution in [3.8, 4) is 0 Å². The summed E-state index contributed by atoms with van der Waals surface area (Å²) in [5.41, 5.74) is 7.32. The molecule has 0 amide bonds. The van der Waals surface area contributed by atoms with Crippen LogP contribution < -0.4 is 5.73 Å². The van der Waals surface area contributed by atoms with E-state index in [-0.39, 0.29) is 6.04 Å². The van der Waals surface area contributed by atoms with Gasteiger partial charge in [0.1, 0.15) is 0 Å². The lowest BCUT2D eigenvalue weighted by Gasteiger charge is -2.30. The Kier molecular flexibility index (Phi) is 3.37. The first-order valence-electron chi connectivity index (χ1n) is 5.94. The predicted octanol–water partition coefficient (Wildman–Crippen LogP) is 2.91. The Hall–Kier alpha value is -0.890. The van der Waals surface area contributed by atoms with E-state index >= 15 is 0 Å². The van der Waals surface area contributed by atoms with Crippen LogP contribution in [0.3, 0.4) is 0 Å². The number of nitrogens with zero attached hydrogens (tertiary/aromatic N) is 1. The first-order valence-corrected chi connectivity index (χ1v) is 5.94. The molecule has 15 heavy (non-hydrogen) atoms. The molecule has 82 valence electrons. The Labute approximate surface area is 91.9 Å². The first kappa shape index (κ1) is 10.6. The smallest absolute Gasteiger partial charge is 0.0573 e. The minimum Gasteiger partial charge on any atom is -0.322 e. The molecular weight excluding hydrogens is 184 g/mol. The molecule has 0 bridgehead atoms. The van der Waals surface area contributed by atoms with E-state index in [1.165, 1.54) is 25.7 Å². The molecule has 1 saturated carbocycles. The number of pyridine rings is 1. The average Bonchev–Trinajstić information content (AvgIpc) is 2.29. The van der Waals surface area contributed by atoms with Crippen molar-refractivity contribution in [1.82, 2.24) is 4.98 Å². The zero-order chi connectivity index (χ0) is 10.7. The fourth-order valence-corrected chi connectivity index (χ4v) is 2.62. The van der Waals surface area contributed by atoms with E-state index in [0.717, 1.165) is 11.6 Å². The van der Waals surface area contributed by atoms with Crippen molar-refractivity contribution < 1.29 is 0 Å². The molecule has 1 aliphatic rings. The Morgan fingerprint density at radius 3 is 2.93 bits per heavy atom. The van der Waals surface area contributed by atoms with Crippen LogP contribution in [0.25, 0.3) is 0 Å². The summed E-state index contributed by atoms with van der Waals surface area (Å²) in [6.45, 7) is 2.33. The lowest BCUT2D eigenvalue weighted by molar-refractivity contribution is 0.246. The fraction of sp³-hybridized carbons (Fsp3) is 0.615. The monoisotopic (exact) mass is 204 g/mol. The predicted molar refractivity (Wildman–Crippen MR) is 62.3 cm³/mol. The van der Waals surface area contributed by atoms with Gasteiger partial charge in [-0.2, -0.15) is 0 Å². The maximum Gasteiger partial charge on any atom is 0.0573 e. The van der Waals surface area contributed by atoms with Crippen LogP contribution in [0.15, 0.2) is 24.4 Å². The third-order valence-corrected chi connectivity index (χ3v) is 3.51. The second-order valence-electron chi connectivity index (χ2n) is 4.81. The van der Waals surface area contributed by atoms with Gasteiger partial charge >= 0.3 is 0 Å². The summed E-state index contributed by atoms with van der Waals surface area (Å²) in [6.07, 6.45) is 7.05. The zero-order valence-electron chi connectivity index (χ0n) is 9.39. The van der Waals surface area contributed by atoms with Crippen LogP contribution in [0.1, 0.15) is 44.3 Å². The van der Waals surface area contributed by atoms with Gasteiger partial charge in [-0.05, 0) is 36.8 Å². The standard InChI is InChI=1S/C13H20N2/c1-10-5-4-6-11(9-10)13(14)12-7-2-3-8-15-12/h2-3,7-8,10-11,13H,4-6,9,14H2,1H3. The van der Waals surface area contributed by atoms with Crippen molar-refractivity contribution in [1.29, 1.82) is 0 Å². The lowest BCUT2D eigenvalue weighted by atomic mass is 9.78. The normalized spacial score (nSPS) is 28.7. The SMILES string of the molecule is CC1CCCC(C(N)c2ccccn2)C1. The van der Waals surface area contributed by atoms with E-state index < -0.39 is 0 Å². The van der Waals surface area contributed by atoms with Crippen LogP contribution in [0, 0.1) is 11.8 Å². The highest BCUT2D eigenvalue weighted by molar-refractivity contribution is 5.09. The molecule has 3 atom stereocenters. The van der Waals surface area contributed by atoms with Gasteiger partial charge in [0, 0.05) is 12.2 Å². The Bertz CT molecular complexity index is 297. The molecule has 2 N–H and O–H groups in total. The molecule has 3 unspecified atom stereocenters. The van der Waals surface area contributed by atoms with Crippen molar-refractivity contribution >= 4 is 0 Å². The second-order valence-corrected chi connectivity index (χ2v) is 4.81. The second kappa shape index (κ2) is 4.75. The average molecular weight is 204 g/mol. The van der Waals surface area contributed by atoms with Gasteiger partial charge in [0.15, 0.2) is 0 Å². The van der Waals surface area contributed by atoms with Gasteiger partial charge in [0.25, 0.3) is 0 Å². The summed E-state index contributed by atoms with van der Waals surface area (Å²) >= 11 is 0. The van der Waals surface area contributed by atoms with E-state index in [9.17, 15) is 0 Å². The number of rotatable bonds is 2. The topological polar surface area (TPSA) is 38.9 Å². The summed E-state index contributed by atoms with van der Waals surface area (Å²) in [4.78, 5) is 4.35. The van der Waals surface area contributed by atoms with Crippen LogP contribution in [-0.2, 0) is 0 Å². The number of hydrogen-bond acceptors (Lipinski definition) is 2. The quantitative estimate of drug-likeness (QED) is 0.804. The molecular formula is C13H20N2. The van der Waals surface area contributed by atoms with Gasteiger partial charge in [0.05, 0.1) is 5.69 Å². The largest absolute Gasteiger partial charge is 0.322 e. The summed E-state index contributed by atoms with van der Waals surface area (Å²) in [7, 11) is 0. The van der Waals surface area contributed by atoms with Gasteiger partial charge in [0.2, 0.25) is 0 Å². The number of nitrogens with two attached hydrogens (primary N) is 1. The van der Waals surface area contributed by atoms with Gasteiger partial charge in [-0.15, -0.1) is 0 Å². The van der Waals surface area contributed by atoms with Crippen LogP contribution in [0.4, 0.5) is 0 Å². The minimum absolute atomic E-state index is 0.133. The van der Waals surface area contributed by atoms with Crippen molar-refractivity contribution in [2.24, 2.45) is 17.6 Å². The molecule has 2 nitrogen and oxygen atoms in total. The highest BCUT2D eigenvalue weighted by atomic mass is 14.8. The van der Waals surface area contributed by atoms with Gasteiger partial charge in [-0.3, -0.25) is 4.98 Å². The molecule has 1 aromatic rings. The molecule has 1 aliphatic carbocycles. The molecule has 1 fully saturated rings. The summed E-state index contributed by atoms with van der Waals surface area (Å²) in [6, 6.07) is 6.15. The molecule has 1 aromatic heterocycles. The fourth-order valence-electron chi connectivity index (χ4n) is 2.62. The van der Waals surface area contributed by atoms with E-state index in [0.29, 0.717) is 5.92 Å². The molecule has 0 spiro atoms. The Morgan fingerprint density at radius 2 is 2.27 bits per heavy atom. The molecule has 2 rings (SSSR count). The Morgan fingerprint density at radius 1 is 1.40 bits per heavy atom. The summed E-state index contributed by atoms with van der Waals surface area (Å²) < 4.78 is 0. The van der Waals surface area contributed by atoms with Gasteiger partial charge in [-0.25, -0.2) is 0 Å². The maximum atomic E-state index is 6.27. The highest BCUT2D eigenvalue weighted by Gasteiger charge is 2.25. The third-order valence-electron chi connectivity index (χ3n) is 3.51. The van der Waals surface area contributed by atoms with E-state index in [4.69, 9.17) is 5.73 Å². The first-order chi connectivity index (χ1) is 7.27. The van der Waals surface area contributed by atoms with E-state index in [2.05, 4.69) is 11.9 Å². The van der Waals surface area contributed by atoms with Gasteiger partial charge in [-0.1, -0.05) is 25.8 Å². The van der Waals surface area contributed by atoms with Crippen molar-refractivity contribution in [3.05, 3.63) is 30.1 Å². The number of aromatic nitrogens is 1. The van der Waals surface area contributed by atoms with Gasteiger partial charge < -0.3 is 5.73 Å². The molecule has 0 aliphatic heterocycles. The van der Waals surface area contributed by atoms with E-state index in [1.807, 2.05) is 24.4 Å². The lowest BCUT2D eigenvalue weighted by Crippen LogP contribution is -2.26. The molecule has 0 aromatic carbocycles. The van der Waals surface area contributed by atoms with Crippen LogP contribution >= 0.6 is 0 Å². The summed E-state index contributed by atoms with van der Waals surface area (Å²) in [5.74, 6) is 1.46. The molecule has 1 heterocycles. The molecule has 2 heteroatoms. The highest BCUT2D eigenvalue weighted by Crippen LogP contribution is 2.35. The van der Waals surface area contributed by atoms with Crippen LogP contribution in [0.2, 0.25) is 0 Å². The minimum atomic E-state index is 0.133. The molecule has 0 saturated heterocycles.